The second kappa shape index (κ2) is 8.40. The standard InChI is InChI=1S/C18H15ClF3N3O2S/c19-13-8-12(18(20,21)22)9-24-17(13)28-6-5-23-16(27)11-1-3-14-10(7-11)2-4-15(26)25-14/h1,3,7-9H,2,4-6H2,(H,23,27)(H,25,26). The lowest BCUT2D eigenvalue weighted by Crippen LogP contribution is -2.26. The van der Waals surface area contributed by atoms with Gasteiger partial charge in [0.15, 0.2) is 0 Å². The summed E-state index contributed by atoms with van der Waals surface area (Å²) in [4.78, 5) is 27.4. The Morgan fingerprint density at radius 2 is 2.07 bits per heavy atom. The van der Waals surface area contributed by atoms with E-state index in [2.05, 4.69) is 15.6 Å². The lowest BCUT2D eigenvalue weighted by molar-refractivity contribution is -0.137. The molecular formula is C18H15ClF3N3O2S. The number of pyridine rings is 1. The van der Waals surface area contributed by atoms with Crippen LogP contribution in [0.4, 0.5) is 18.9 Å². The number of nitrogens with one attached hydrogen (secondary N) is 2. The van der Waals surface area contributed by atoms with E-state index in [4.69, 9.17) is 11.6 Å². The zero-order chi connectivity index (χ0) is 20.3. The number of hydrogen-bond donors (Lipinski definition) is 2. The number of carbonyl (C=O) groups is 2. The molecule has 148 valence electrons. The minimum absolute atomic E-state index is 0.0442. The minimum Gasteiger partial charge on any atom is -0.351 e. The third kappa shape index (κ3) is 4.96. The predicted molar refractivity (Wildman–Crippen MR) is 101 cm³/mol. The number of alkyl halides is 3. The van der Waals surface area contributed by atoms with E-state index in [0.717, 1.165) is 29.6 Å². The predicted octanol–water partition coefficient (Wildman–Crippen LogP) is 4.16. The Balaban J connectivity index is 1.52. The number of nitrogens with zero attached hydrogens (tertiary/aromatic N) is 1. The van der Waals surface area contributed by atoms with Crippen molar-refractivity contribution in [2.24, 2.45) is 0 Å². The maximum absolute atomic E-state index is 12.6. The van der Waals surface area contributed by atoms with E-state index in [1.807, 2.05) is 0 Å². The molecule has 0 spiro atoms. The molecule has 28 heavy (non-hydrogen) atoms. The Kier molecular flexibility index (Phi) is 6.14. The molecule has 2 amide bonds. The highest BCUT2D eigenvalue weighted by atomic mass is 35.5. The fourth-order valence-corrected chi connectivity index (χ4v) is 3.68. The van der Waals surface area contributed by atoms with Crippen LogP contribution in [0.1, 0.15) is 27.9 Å². The maximum Gasteiger partial charge on any atom is 0.417 e. The number of thioether (sulfide) groups is 1. The smallest absolute Gasteiger partial charge is 0.351 e. The van der Waals surface area contributed by atoms with Crippen molar-refractivity contribution in [3.05, 3.63) is 52.2 Å². The summed E-state index contributed by atoms with van der Waals surface area (Å²) < 4.78 is 37.8. The molecule has 1 aromatic heterocycles. The van der Waals surface area contributed by atoms with Crippen molar-refractivity contribution in [2.45, 2.75) is 24.0 Å². The fraction of sp³-hybridized carbons (Fsp3) is 0.278. The van der Waals surface area contributed by atoms with Gasteiger partial charge < -0.3 is 10.6 Å². The molecule has 0 unspecified atom stereocenters. The van der Waals surface area contributed by atoms with Crippen molar-refractivity contribution in [1.29, 1.82) is 0 Å². The van der Waals surface area contributed by atoms with Gasteiger partial charge in [-0.25, -0.2) is 4.98 Å². The van der Waals surface area contributed by atoms with Crippen molar-refractivity contribution < 1.29 is 22.8 Å². The Morgan fingerprint density at radius 3 is 2.79 bits per heavy atom. The first-order chi connectivity index (χ1) is 13.2. The lowest BCUT2D eigenvalue weighted by atomic mass is 10.00. The number of amides is 2. The zero-order valence-corrected chi connectivity index (χ0v) is 16.0. The highest BCUT2D eigenvalue weighted by Gasteiger charge is 2.31. The second-order valence-electron chi connectivity index (χ2n) is 6.03. The summed E-state index contributed by atoms with van der Waals surface area (Å²) in [5.41, 5.74) is 1.19. The molecular weight excluding hydrogens is 415 g/mol. The molecule has 0 aliphatic carbocycles. The van der Waals surface area contributed by atoms with Gasteiger partial charge in [0.1, 0.15) is 5.03 Å². The summed E-state index contributed by atoms with van der Waals surface area (Å²) in [6.07, 6.45) is -2.80. The van der Waals surface area contributed by atoms with Crippen LogP contribution in [0.15, 0.2) is 35.5 Å². The molecule has 0 bridgehead atoms. The molecule has 5 nitrogen and oxygen atoms in total. The molecule has 0 atom stereocenters. The molecule has 3 rings (SSSR count). The van der Waals surface area contributed by atoms with Gasteiger partial charge in [0.05, 0.1) is 10.6 Å². The van der Waals surface area contributed by atoms with Gasteiger partial charge in [-0.2, -0.15) is 13.2 Å². The van der Waals surface area contributed by atoms with Gasteiger partial charge in [-0.3, -0.25) is 9.59 Å². The van der Waals surface area contributed by atoms with Crippen LogP contribution in [0, 0.1) is 0 Å². The van der Waals surface area contributed by atoms with Crippen LogP contribution >= 0.6 is 23.4 Å². The number of halogens is 4. The van der Waals surface area contributed by atoms with E-state index in [9.17, 15) is 22.8 Å². The molecule has 0 saturated heterocycles. The van der Waals surface area contributed by atoms with Crippen molar-refractivity contribution in [2.75, 3.05) is 17.6 Å². The minimum atomic E-state index is -4.49. The molecule has 0 saturated carbocycles. The van der Waals surface area contributed by atoms with Gasteiger partial charge in [-0.05, 0) is 36.2 Å². The summed E-state index contributed by atoms with van der Waals surface area (Å²) in [6, 6.07) is 5.90. The van der Waals surface area contributed by atoms with Gasteiger partial charge in [0, 0.05) is 36.2 Å². The first kappa shape index (κ1) is 20.5. The number of fused-ring (bicyclic) bond motifs is 1. The van der Waals surface area contributed by atoms with Crippen molar-refractivity contribution >= 4 is 40.9 Å². The quantitative estimate of drug-likeness (QED) is 0.553. The summed E-state index contributed by atoms with van der Waals surface area (Å²) in [5.74, 6) is 0.0780. The summed E-state index contributed by atoms with van der Waals surface area (Å²) in [7, 11) is 0. The van der Waals surface area contributed by atoms with Crippen LogP contribution in [0.25, 0.3) is 0 Å². The molecule has 1 aliphatic heterocycles. The van der Waals surface area contributed by atoms with E-state index >= 15 is 0 Å². The Bertz CT molecular complexity index is 921. The van der Waals surface area contributed by atoms with E-state index in [1.54, 1.807) is 18.2 Å². The molecule has 1 aromatic carbocycles. The third-order valence-corrected chi connectivity index (χ3v) is 5.43. The number of carbonyl (C=O) groups excluding carboxylic acids is 2. The van der Waals surface area contributed by atoms with E-state index in [1.165, 1.54) is 0 Å². The van der Waals surface area contributed by atoms with E-state index in [-0.39, 0.29) is 28.4 Å². The summed E-state index contributed by atoms with van der Waals surface area (Å²) in [5, 5.41) is 5.68. The molecule has 2 aromatic rings. The highest BCUT2D eigenvalue weighted by molar-refractivity contribution is 7.99. The first-order valence-electron chi connectivity index (χ1n) is 8.30. The number of anilines is 1. The number of benzene rings is 1. The molecule has 1 aliphatic rings. The van der Waals surface area contributed by atoms with Crippen LogP contribution in [0.5, 0.6) is 0 Å². The molecule has 0 radical (unpaired) electrons. The molecule has 2 N–H and O–H groups in total. The SMILES string of the molecule is O=C1CCc2cc(C(=O)NCCSc3ncc(C(F)(F)F)cc3Cl)ccc2N1. The van der Waals surface area contributed by atoms with Gasteiger partial charge in [0.2, 0.25) is 5.91 Å². The lowest BCUT2D eigenvalue weighted by Gasteiger charge is -2.17. The monoisotopic (exact) mass is 429 g/mol. The molecule has 0 fully saturated rings. The largest absolute Gasteiger partial charge is 0.417 e. The highest BCUT2D eigenvalue weighted by Crippen LogP contribution is 2.33. The zero-order valence-electron chi connectivity index (χ0n) is 14.4. The van der Waals surface area contributed by atoms with Crippen LogP contribution in [0.3, 0.4) is 0 Å². The number of rotatable bonds is 5. The van der Waals surface area contributed by atoms with Crippen molar-refractivity contribution in [1.82, 2.24) is 10.3 Å². The van der Waals surface area contributed by atoms with Gasteiger partial charge in [-0.1, -0.05) is 11.6 Å². The van der Waals surface area contributed by atoms with Crippen molar-refractivity contribution in [3.8, 4) is 0 Å². The summed E-state index contributed by atoms with van der Waals surface area (Å²) in [6.45, 7) is 0.288. The van der Waals surface area contributed by atoms with E-state index < -0.39 is 11.7 Å². The number of aryl methyl sites for hydroxylation is 1. The van der Waals surface area contributed by atoms with Crippen LogP contribution < -0.4 is 10.6 Å². The van der Waals surface area contributed by atoms with Crippen LogP contribution in [0.2, 0.25) is 5.02 Å². The second-order valence-corrected chi connectivity index (χ2v) is 7.52. The number of hydrogen-bond acceptors (Lipinski definition) is 4. The Hall–Kier alpha value is -2.26. The van der Waals surface area contributed by atoms with Gasteiger partial charge in [0.25, 0.3) is 5.91 Å². The third-order valence-electron chi connectivity index (χ3n) is 4.02. The summed E-state index contributed by atoms with van der Waals surface area (Å²) >= 11 is 7.00. The fourth-order valence-electron chi connectivity index (χ4n) is 2.63. The Morgan fingerprint density at radius 1 is 1.29 bits per heavy atom. The first-order valence-corrected chi connectivity index (χ1v) is 9.67. The maximum atomic E-state index is 12.6. The topological polar surface area (TPSA) is 71.1 Å². The normalized spacial score (nSPS) is 13.6. The van der Waals surface area contributed by atoms with Gasteiger partial charge in [-0.15, -0.1) is 11.8 Å². The Labute approximate surface area is 168 Å². The molecule has 10 heteroatoms. The van der Waals surface area contributed by atoms with E-state index in [0.29, 0.717) is 29.8 Å². The van der Waals surface area contributed by atoms with Gasteiger partial charge >= 0.3 is 6.18 Å². The van der Waals surface area contributed by atoms with Crippen molar-refractivity contribution in [3.63, 3.8) is 0 Å². The van der Waals surface area contributed by atoms with Crippen LogP contribution in [-0.2, 0) is 17.4 Å². The molecule has 2 heterocycles. The van der Waals surface area contributed by atoms with Crippen LogP contribution in [-0.4, -0.2) is 29.1 Å². The average molecular weight is 430 g/mol. The average Bonchev–Trinajstić information content (AvgIpc) is 2.64. The number of aromatic nitrogens is 1.